The van der Waals surface area contributed by atoms with Gasteiger partial charge in [0.05, 0.1) is 11.5 Å². The number of aryl methyl sites for hydroxylation is 1. The minimum Gasteiger partial charge on any atom is -0.300 e. The molecule has 0 unspecified atom stereocenters. The second kappa shape index (κ2) is 3.43. The van der Waals surface area contributed by atoms with Crippen molar-refractivity contribution in [2.45, 2.75) is 43.9 Å². The van der Waals surface area contributed by atoms with Crippen LogP contribution in [0.1, 0.15) is 41.7 Å². The Balaban J connectivity index is 2.04. The van der Waals surface area contributed by atoms with E-state index < -0.39 is 5.41 Å². The second-order valence-electron chi connectivity index (χ2n) is 4.84. The van der Waals surface area contributed by atoms with Crippen LogP contribution in [-0.4, -0.2) is 5.78 Å². The standard InChI is InChI=1S/C13H13NOS/c14-8-13(5-9(15)6-13)11-7-16-12-4-2-1-3-10(11)12/h7H,1-6H2. The van der Waals surface area contributed by atoms with Crippen molar-refractivity contribution in [2.75, 3.05) is 0 Å². The lowest BCUT2D eigenvalue weighted by atomic mass is 9.64. The van der Waals surface area contributed by atoms with E-state index in [0.29, 0.717) is 12.8 Å². The number of ketones is 1. The maximum absolute atomic E-state index is 11.2. The van der Waals surface area contributed by atoms with Crippen molar-refractivity contribution in [3.63, 3.8) is 0 Å². The molecule has 0 atom stereocenters. The molecule has 3 heteroatoms. The van der Waals surface area contributed by atoms with Gasteiger partial charge in [-0.1, -0.05) is 0 Å². The van der Waals surface area contributed by atoms with E-state index in [1.807, 2.05) is 0 Å². The molecule has 2 nitrogen and oxygen atoms in total. The van der Waals surface area contributed by atoms with Crippen molar-refractivity contribution in [1.29, 1.82) is 5.26 Å². The lowest BCUT2D eigenvalue weighted by Gasteiger charge is -2.34. The van der Waals surface area contributed by atoms with Crippen LogP contribution in [0.2, 0.25) is 0 Å². The molecule has 0 amide bonds. The predicted octanol–water partition coefficient (Wildman–Crippen LogP) is 2.75. The summed E-state index contributed by atoms with van der Waals surface area (Å²) in [5.41, 5.74) is 2.11. The molecular weight excluding hydrogens is 218 g/mol. The molecule has 1 saturated carbocycles. The molecule has 0 bridgehead atoms. The van der Waals surface area contributed by atoms with Crippen molar-refractivity contribution in [3.8, 4) is 6.07 Å². The van der Waals surface area contributed by atoms with E-state index in [4.69, 9.17) is 0 Å². The van der Waals surface area contributed by atoms with E-state index in [1.165, 1.54) is 28.8 Å². The number of Topliss-reactive ketones (excluding diaryl/α,β-unsaturated/α-hetero) is 1. The number of carbonyl (C=O) groups excluding carboxylic acids is 1. The molecule has 1 fully saturated rings. The van der Waals surface area contributed by atoms with Crippen LogP contribution in [-0.2, 0) is 23.1 Å². The Kier molecular flexibility index (Phi) is 2.15. The van der Waals surface area contributed by atoms with Crippen molar-refractivity contribution in [2.24, 2.45) is 0 Å². The zero-order valence-electron chi connectivity index (χ0n) is 9.08. The van der Waals surface area contributed by atoms with Gasteiger partial charge in [0.15, 0.2) is 0 Å². The predicted molar refractivity (Wildman–Crippen MR) is 62.5 cm³/mol. The second-order valence-corrected chi connectivity index (χ2v) is 5.81. The van der Waals surface area contributed by atoms with Gasteiger partial charge in [-0.25, -0.2) is 0 Å². The third kappa shape index (κ3) is 1.26. The van der Waals surface area contributed by atoms with Gasteiger partial charge >= 0.3 is 0 Å². The number of nitriles is 1. The first-order valence-corrected chi connectivity index (χ1v) is 6.66. The minimum atomic E-state index is -0.460. The number of hydrogen-bond acceptors (Lipinski definition) is 3. The molecule has 1 aromatic rings. The van der Waals surface area contributed by atoms with Gasteiger partial charge in [-0.2, -0.15) is 5.26 Å². The van der Waals surface area contributed by atoms with E-state index >= 15 is 0 Å². The molecule has 3 rings (SSSR count). The quantitative estimate of drug-likeness (QED) is 0.745. The van der Waals surface area contributed by atoms with Gasteiger partial charge < -0.3 is 0 Å². The first-order valence-electron chi connectivity index (χ1n) is 5.78. The summed E-state index contributed by atoms with van der Waals surface area (Å²) in [6.07, 6.45) is 5.64. The molecule has 2 aliphatic carbocycles. The molecule has 0 saturated heterocycles. The van der Waals surface area contributed by atoms with E-state index in [0.717, 1.165) is 12.8 Å². The molecule has 0 aromatic carbocycles. The van der Waals surface area contributed by atoms with E-state index in [1.54, 1.807) is 11.3 Å². The summed E-state index contributed by atoms with van der Waals surface area (Å²) < 4.78 is 0. The molecule has 16 heavy (non-hydrogen) atoms. The Hall–Kier alpha value is -1.14. The smallest absolute Gasteiger partial charge is 0.136 e. The monoisotopic (exact) mass is 231 g/mol. The van der Waals surface area contributed by atoms with Crippen molar-refractivity contribution in [3.05, 3.63) is 21.4 Å². The summed E-state index contributed by atoms with van der Waals surface area (Å²) in [4.78, 5) is 12.6. The van der Waals surface area contributed by atoms with Crippen LogP contribution >= 0.6 is 11.3 Å². The van der Waals surface area contributed by atoms with E-state index in [-0.39, 0.29) is 5.78 Å². The van der Waals surface area contributed by atoms with Crippen molar-refractivity contribution in [1.82, 2.24) is 0 Å². The summed E-state index contributed by atoms with van der Waals surface area (Å²) in [5, 5.41) is 11.5. The molecule has 1 heterocycles. The zero-order chi connectivity index (χ0) is 11.2. The molecule has 82 valence electrons. The van der Waals surface area contributed by atoms with Crippen molar-refractivity contribution >= 4 is 17.1 Å². The minimum absolute atomic E-state index is 0.234. The van der Waals surface area contributed by atoms with Gasteiger partial charge in [-0.05, 0) is 42.2 Å². The number of thiophene rings is 1. The van der Waals surface area contributed by atoms with Gasteiger partial charge in [0.2, 0.25) is 0 Å². The fourth-order valence-corrected chi connectivity index (χ4v) is 4.09. The average Bonchev–Trinajstić information content (AvgIpc) is 2.68. The maximum Gasteiger partial charge on any atom is 0.136 e. The molecule has 0 spiro atoms. The topological polar surface area (TPSA) is 40.9 Å². The highest BCUT2D eigenvalue weighted by Gasteiger charge is 2.47. The number of hydrogen-bond donors (Lipinski definition) is 0. The Morgan fingerprint density at radius 1 is 1.31 bits per heavy atom. The number of fused-ring (bicyclic) bond motifs is 1. The summed E-state index contributed by atoms with van der Waals surface area (Å²) >= 11 is 1.78. The van der Waals surface area contributed by atoms with Crippen LogP contribution in [0.3, 0.4) is 0 Å². The zero-order valence-corrected chi connectivity index (χ0v) is 9.90. The van der Waals surface area contributed by atoms with Crippen LogP contribution in [0, 0.1) is 11.3 Å². The Labute approximate surface area is 98.9 Å². The lowest BCUT2D eigenvalue weighted by molar-refractivity contribution is -0.126. The SMILES string of the molecule is N#CC1(c2csc3c2CCCC3)CC(=O)C1. The van der Waals surface area contributed by atoms with Gasteiger partial charge in [-0.15, -0.1) is 11.3 Å². The van der Waals surface area contributed by atoms with Gasteiger partial charge in [-0.3, -0.25) is 4.79 Å². The van der Waals surface area contributed by atoms with E-state index in [2.05, 4.69) is 11.4 Å². The fourth-order valence-electron chi connectivity index (χ4n) is 2.85. The molecule has 0 radical (unpaired) electrons. The summed E-state index contributed by atoms with van der Waals surface area (Å²) in [6, 6.07) is 2.38. The van der Waals surface area contributed by atoms with Gasteiger partial charge in [0.25, 0.3) is 0 Å². The third-order valence-corrected chi connectivity index (χ3v) is 4.88. The van der Waals surface area contributed by atoms with Crippen LogP contribution < -0.4 is 0 Å². The molecule has 0 N–H and O–H groups in total. The Morgan fingerprint density at radius 2 is 2.06 bits per heavy atom. The number of rotatable bonds is 1. The fraction of sp³-hybridized carbons (Fsp3) is 0.538. The average molecular weight is 231 g/mol. The van der Waals surface area contributed by atoms with Gasteiger partial charge in [0.1, 0.15) is 5.78 Å². The largest absolute Gasteiger partial charge is 0.300 e. The molecule has 1 aromatic heterocycles. The Bertz CT molecular complexity index is 487. The van der Waals surface area contributed by atoms with Crippen LogP contribution in [0.25, 0.3) is 0 Å². The first kappa shape index (κ1) is 10.0. The summed E-state index contributed by atoms with van der Waals surface area (Å²) in [7, 11) is 0. The first-order chi connectivity index (χ1) is 7.75. The Morgan fingerprint density at radius 3 is 2.75 bits per heavy atom. The summed E-state index contributed by atoms with van der Waals surface area (Å²) in [6.45, 7) is 0. The summed E-state index contributed by atoms with van der Waals surface area (Å²) in [5.74, 6) is 0.234. The molecule has 0 aliphatic heterocycles. The lowest BCUT2D eigenvalue weighted by Crippen LogP contribution is -2.40. The van der Waals surface area contributed by atoms with Crippen LogP contribution in [0.4, 0.5) is 0 Å². The van der Waals surface area contributed by atoms with E-state index in [9.17, 15) is 10.1 Å². The van der Waals surface area contributed by atoms with Crippen molar-refractivity contribution < 1.29 is 4.79 Å². The van der Waals surface area contributed by atoms with Gasteiger partial charge in [0, 0.05) is 17.7 Å². The molecular formula is C13H13NOS. The number of nitrogens with zero attached hydrogens (tertiary/aromatic N) is 1. The third-order valence-electron chi connectivity index (χ3n) is 3.79. The maximum atomic E-state index is 11.2. The van der Waals surface area contributed by atoms with Crippen LogP contribution in [0.5, 0.6) is 0 Å². The van der Waals surface area contributed by atoms with Crippen LogP contribution in [0.15, 0.2) is 5.38 Å². The highest BCUT2D eigenvalue weighted by atomic mass is 32.1. The highest BCUT2D eigenvalue weighted by molar-refractivity contribution is 7.10. The normalized spacial score (nSPS) is 22.1. The highest BCUT2D eigenvalue weighted by Crippen LogP contribution is 2.46. The molecule has 2 aliphatic rings. The number of carbonyl (C=O) groups is 1.